The number of amides is 1. The van der Waals surface area contributed by atoms with Gasteiger partial charge in [-0.1, -0.05) is 11.6 Å². The Morgan fingerprint density at radius 2 is 2.04 bits per heavy atom. The van der Waals surface area contributed by atoms with Crippen LogP contribution in [-0.4, -0.2) is 54.4 Å². The van der Waals surface area contributed by atoms with Gasteiger partial charge in [0.15, 0.2) is 0 Å². The highest BCUT2D eigenvalue weighted by molar-refractivity contribution is 7.89. The Morgan fingerprint density at radius 3 is 2.61 bits per heavy atom. The number of carboxylic acids is 1. The lowest BCUT2D eigenvalue weighted by atomic mass is 10.2. The van der Waals surface area contributed by atoms with E-state index in [2.05, 4.69) is 0 Å². The summed E-state index contributed by atoms with van der Waals surface area (Å²) in [6, 6.07) is 3.45. The number of hydrogen-bond acceptors (Lipinski definition) is 4. The summed E-state index contributed by atoms with van der Waals surface area (Å²) in [4.78, 5) is 24.3. The van der Waals surface area contributed by atoms with Crippen molar-refractivity contribution in [1.29, 1.82) is 0 Å². The molecular weight excluding hydrogens is 344 g/mol. The van der Waals surface area contributed by atoms with Gasteiger partial charge in [0.1, 0.15) is 0 Å². The number of carbonyl (C=O) groups excluding carboxylic acids is 1. The van der Waals surface area contributed by atoms with Gasteiger partial charge in [-0.3, -0.25) is 4.79 Å². The molecule has 23 heavy (non-hydrogen) atoms. The zero-order chi connectivity index (χ0) is 16.8. The number of rotatable bonds is 5. The summed E-state index contributed by atoms with van der Waals surface area (Å²) in [6.07, 6.45) is 2.14. The van der Waals surface area contributed by atoms with Crippen molar-refractivity contribution in [2.75, 3.05) is 19.8 Å². The van der Waals surface area contributed by atoms with Gasteiger partial charge in [-0.25, -0.2) is 13.2 Å². The van der Waals surface area contributed by atoms with Crippen LogP contribution in [0.5, 0.6) is 0 Å². The molecule has 3 rings (SSSR count). The number of aromatic carboxylic acids is 1. The number of hydrogen-bond donors (Lipinski definition) is 1. The topological polar surface area (TPSA) is 95.0 Å². The van der Waals surface area contributed by atoms with E-state index in [-0.39, 0.29) is 34.6 Å². The van der Waals surface area contributed by atoms with Gasteiger partial charge in [0, 0.05) is 6.54 Å². The van der Waals surface area contributed by atoms with Gasteiger partial charge in [0.2, 0.25) is 15.9 Å². The number of nitrogens with zero attached hydrogens (tertiary/aromatic N) is 2. The van der Waals surface area contributed by atoms with E-state index < -0.39 is 16.0 Å². The number of halogens is 1. The Labute approximate surface area is 138 Å². The molecule has 0 bridgehead atoms. The lowest BCUT2D eigenvalue weighted by Gasteiger charge is -2.18. The van der Waals surface area contributed by atoms with Gasteiger partial charge >= 0.3 is 5.97 Å². The van der Waals surface area contributed by atoms with Crippen LogP contribution in [0.3, 0.4) is 0 Å². The molecule has 0 radical (unpaired) electrons. The van der Waals surface area contributed by atoms with Crippen molar-refractivity contribution >= 4 is 33.5 Å². The van der Waals surface area contributed by atoms with E-state index in [1.165, 1.54) is 6.07 Å². The second-order valence-electron chi connectivity index (χ2n) is 5.76. The Hall–Kier alpha value is -1.64. The lowest BCUT2D eigenvalue weighted by Crippen LogP contribution is -2.32. The Morgan fingerprint density at radius 1 is 1.35 bits per heavy atom. The summed E-state index contributed by atoms with van der Waals surface area (Å²) in [7, 11) is -3.89. The third kappa shape index (κ3) is 3.19. The fourth-order valence-corrected chi connectivity index (χ4v) is 4.18. The van der Waals surface area contributed by atoms with Crippen LogP contribution in [0, 0.1) is 5.92 Å². The molecule has 1 aromatic rings. The van der Waals surface area contributed by atoms with E-state index in [0.29, 0.717) is 12.5 Å². The average molecular weight is 359 g/mol. The van der Waals surface area contributed by atoms with Crippen LogP contribution < -0.4 is 0 Å². The molecule has 2 aliphatic rings. The van der Waals surface area contributed by atoms with E-state index in [1.807, 2.05) is 0 Å². The van der Waals surface area contributed by atoms with Crippen LogP contribution in [0.15, 0.2) is 23.1 Å². The first kappa shape index (κ1) is 16.2. The van der Waals surface area contributed by atoms with Crippen molar-refractivity contribution in [1.82, 2.24) is 9.21 Å². The van der Waals surface area contributed by atoms with Crippen molar-refractivity contribution in [3.8, 4) is 0 Å². The minimum Gasteiger partial charge on any atom is -0.478 e. The molecule has 1 heterocycles. The maximum Gasteiger partial charge on any atom is 0.337 e. The standard InChI is InChI=1S/C14H15ClN2O5S/c15-12-5-10(3-4-11(12)14(19)20)23(21,22)17-7-13(18)16(8-17)6-9-1-2-9/h3-5,9H,1-2,6-8H2,(H,19,20). The molecule has 1 amide bonds. The summed E-state index contributed by atoms with van der Waals surface area (Å²) in [5, 5.41) is 8.78. The highest BCUT2D eigenvalue weighted by Crippen LogP contribution is 2.31. The molecule has 0 unspecified atom stereocenters. The molecule has 1 aliphatic carbocycles. The molecule has 1 aliphatic heterocycles. The molecule has 1 saturated heterocycles. The summed E-state index contributed by atoms with van der Waals surface area (Å²) in [5.41, 5.74) is -0.168. The van der Waals surface area contributed by atoms with Gasteiger partial charge < -0.3 is 10.0 Å². The van der Waals surface area contributed by atoms with Gasteiger partial charge in [-0.05, 0) is 37.0 Å². The first-order valence-corrected chi connectivity index (χ1v) is 8.91. The lowest BCUT2D eigenvalue weighted by molar-refractivity contribution is -0.126. The number of carbonyl (C=O) groups is 2. The van der Waals surface area contributed by atoms with Gasteiger partial charge in [0.05, 0.1) is 28.7 Å². The second kappa shape index (κ2) is 5.77. The Bertz CT molecular complexity index is 775. The largest absolute Gasteiger partial charge is 0.478 e. The van der Waals surface area contributed by atoms with Crippen LogP contribution in [0.4, 0.5) is 0 Å². The van der Waals surface area contributed by atoms with Crippen LogP contribution in [0.1, 0.15) is 23.2 Å². The van der Waals surface area contributed by atoms with Gasteiger partial charge in [-0.15, -0.1) is 0 Å². The highest BCUT2D eigenvalue weighted by Gasteiger charge is 2.38. The van der Waals surface area contributed by atoms with E-state index in [4.69, 9.17) is 16.7 Å². The SMILES string of the molecule is O=C(O)c1ccc(S(=O)(=O)N2CC(=O)N(CC3CC3)C2)cc1Cl. The molecule has 9 heteroatoms. The number of carboxylic acid groups (broad SMARTS) is 1. The summed E-state index contributed by atoms with van der Waals surface area (Å²) >= 11 is 5.83. The minimum absolute atomic E-state index is 0.0238. The second-order valence-corrected chi connectivity index (χ2v) is 8.11. The quantitative estimate of drug-likeness (QED) is 0.854. The molecule has 7 nitrogen and oxygen atoms in total. The Kier molecular flexibility index (Phi) is 4.07. The number of sulfonamides is 1. The zero-order valence-electron chi connectivity index (χ0n) is 12.1. The molecule has 124 valence electrons. The normalized spacial score (nSPS) is 19.3. The van der Waals surface area contributed by atoms with Crippen LogP contribution in [0.2, 0.25) is 5.02 Å². The van der Waals surface area contributed by atoms with Crippen molar-refractivity contribution in [2.24, 2.45) is 5.92 Å². The van der Waals surface area contributed by atoms with Crippen LogP contribution in [0.25, 0.3) is 0 Å². The molecule has 1 aromatic carbocycles. The van der Waals surface area contributed by atoms with Gasteiger partial charge in [-0.2, -0.15) is 4.31 Å². The molecule has 0 atom stereocenters. The average Bonchev–Trinajstić information content (AvgIpc) is 3.21. The molecule has 0 spiro atoms. The number of benzene rings is 1. The van der Waals surface area contributed by atoms with E-state index in [0.717, 1.165) is 29.3 Å². The zero-order valence-corrected chi connectivity index (χ0v) is 13.7. The molecule has 1 N–H and O–H groups in total. The third-order valence-electron chi connectivity index (χ3n) is 3.98. The highest BCUT2D eigenvalue weighted by atomic mass is 35.5. The van der Waals surface area contributed by atoms with E-state index >= 15 is 0 Å². The maximum absolute atomic E-state index is 12.6. The predicted molar refractivity (Wildman–Crippen MR) is 81.6 cm³/mol. The predicted octanol–water partition coefficient (Wildman–Crippen LogP) is 1.24. The first-order chi connectivity index (χ1) is 10.8. The van der Waals surface area contributed by atoms with Crippen LogP contribution >= 0.6 is 11.6 Å². The molecule has 1 saturated carbocycles. The maximum atomic E-state index is 12.6. The van der Waals surface area contributed by atoms with Crippen LogP contribution in [-0.2, 0) is 14.8 Å². The third-order valence-corrected chi connectivity index (χ3v) is 6.06. The fraction of sp³-hybridized carbons (Fsp3) is 0.429. The smallest absolute Gasteiger partial charge is 0.337 e. The van der Waals surface area contributed by atoms with E-state index in [9.17, 15) is 18.0 Å². The van der Waals surface area contributed by atoms with Crippen molar-refractivity contribution < 1.29 is 23.1 Å². The van der Waals surface area contributed by atoms with Crippen molar-refractivity contribution in [3.63, 3.8) is 0 Å². The van der Waals surface area contributed by atoms with Crippen molar-refractivity contribution in [3.05, 3.63) is 28.8 Å². The molecule has 2 fully saturated rings. The monoisotopic (exact) mass is 358 g/mol. The molecule has 0 aromatic heterocycles. The first-order valence-electron chi connectivity index (χ1n) is 7.10. The molecular formula is C14H15ClN2O5S. The fourth-order valence-electron chi connectivity index (χ4n) is 2.48. The summed E-state index contributed by atoms with van der Waals surface area (Å²) in [6.45, 7) is 0.410. The van der Waals surface area contributed by atoms with Crippen molar-refractivity contribution in [2.45, 2.75) is 17.7 Å². The van der Waals surface area contributed by atoms with E-state index in [1.54, 1.807) is 4.90 Å². The minimum atomic E-state index is -3.89. The Balaban J connectivity index is 1.82. The summed E-state index contributed by atoms with van der Waals surface area (Å²) < 4.78 is 26.3. The summed E-state index contributed by atoms with van der Waals surface area (Å²) in [5.74, 6) is -0.967. The van der Waals surface area contributed by atoms with Gasteiger partial charge in [0.25, 0.3) is 0 Å².